The maximum atomic E-state index is 10.7. The summed E-state index contributed by atoms with van der Waals surface area (Å²) in [5.74, 6) is -0.941. The summed E-state index contributed by atoms with van der Waals surface area (Å²) in [5, 5.41) is 9.99. The van der Waals surface area contributed by atoms with Gasteiger partial charge in [0.2, 0.25) is 0 Å². The predicted molar refractivity (Wildman–Crippen MR) is 89.0 cm³/mol. The van der Waals surface area contributed by atoms with Crippen molar-refractivity contribution in [2.75, 3.05) is 0 Å². The Labute approximate surface area is 126 Å². The zero-order chi connectivity index (χ0) is 15.8. The number of hydrogen-bond acceptors (Lipinski definition) is 2. The van der Waals surface area contributed by atoms with Crippen LogP contribution >= 0.6 is 0 Å². The first-order valence-electron chi connectivity index (χ1n) is 7.02. The molecule has 112 valence electrons. The van der Waals surface area contributed by atoms with Crippen LogP contribution in [-0.4, -0.2) is 28.5 Å². The highest BCUT2D eigenvalue weighted by Crippen LogP contribution is 2.38. The quantitative estimate of drug-likeness (QED) is 0.689. The fourth-order valence-electron chi connectivity index (χ4n) is 2.18. The SMILES string of the molecule is CC(C)(C)[Si](C)(C)n1ccc2c(C=CC(=O)O)ccnc21. The molecule has 0 spiro atoms. The number of carboxylic acid groups (broad SMARTS) is 1. The van der Waals surface area contributed by atoms with Gasteiger partial charge in [-0.2, -0.15) is 0 Å². The summed E-state index contributed by atoms with van der Waals surface area (Å²) < 4.78 is 2.31. The van der Waals surface area contributed by atoms with Crippen molar-refractivity contribution < 1.29 is 9.90 Å². The first-order valence-corrected chi connectivity index (χ1v) is 9.97. The number of fused-ring (bicyclic) bond motifs is 1. The van der Waals surface area contributed by atoms with Gasteiger partial charge in [-0.1, -0.05) is 33.9 Å². The van der Waals surface area contributed by atoms with Crippen LogP contribution in [0.3, 0.4) is 0 Å². The van der Waals surface area contributed by atoms with Gasteiger partial charge in [0, 0.05) is 17.7 Å². The maximum Gasteiger partial charge on any atom is 0.328 e. The van der Waals surface area contributed by atoms with E-state index in [4.69, 9.17) is 5.11 Å². The molecule has 2 aromatic rings. The Morgan fingerprint density at radius 2 is 2.00 bits per heavy atom. The highest BCUT2D eigenvalue weighted by Gasteiger charge is 2.38. The Hall–Kier alpha value is -1.88. The molecule has 0 aliphatic heterocycles. The third-order valence-electron chi connectivity index (χ3n) is 4.46. The van der Waals surface area contributed by atoms with Gasteiger partial charge in [-0.05, 0) is 35.0 Å². The summed E-state index contributed by atoms with van der Waals surface area (Å²) in [5.41, 5.74) is 1.83. The van der Waals surface area contributed by atoms with E-state index in [1.807, 2.05) is 12.1 Å². The van der Waals surface area contributed by atoms with Crippen molar-refractivity contribution >= 4 is 31.3 Å². The first-order chi connectivity index (χ1) is 9.64. The molecule has 0 unspecified atom stereocenters. The molecule has 2 aromatic heterocycles. The summed E-state index contributed by atoms with van der Waals surface area (Å²) in [4.78, 5) is 15.2. The average Bonchev–Trinajstić information content (AvgIpc) is 2.79. The lowest BCUT2D eigenvalue weighted by Gasteiger charge is -2.38. The van der Waals surface area contributed by atoms with Crippen LogP contribution in [0.25, 0.3) is 17.1 Å². The van der Waals surface area contributed by atoms with Crippen molar-refractivity contribution in [3.05, 3.63) is 36.2 Å². The van der Waals surface area contributed by atoms with Gasteiger partial charge in [0.15, 0.2) is 8.24 Å². The Kier molecular flexibility index (Phi) is 3.80. The number of pyridine rings is 1. The Balaban J connectivity index is 2.61. The highest BCUT2D eigenvalue weighted by atomic mass is 28.3. The van der Waals surface area contributed by atoms with Crippen LogP contribution in [0, 0.1) is 0 Å². The number of aliphatic carboxylic acids is 1. The van der Waals surface area contributed by atoms with Crippen molar-refractivity contribution in [3.8, 4) is 0 Å². The number of aromatic nitrogens is 2. The molecule has 0 saturated carbocycles. The second-order valence-corrected chi connectivity index (χ2v) is 11.9. The molecule has 0 bridgehead atoms. The van der Waals surface area contributed by atoms with E-state index < -0.39 is 14.2 Å². The molecule has 2 rings (SSSR count). The van der Waals surface area contributed by atoms with Crippen LogP contribution < -0.4 is 0 Å². The molecule has 0 fully saturated rings. The van der Waals surface area contributed by atoms with Crippen LogP contribution in [-0.2, 0) is 4.79 Å². The zero-order valence-electron chi connectivity index (χ0n) is 13.2. The van der Waals surface area contributed by atoms with Gasteiger partial charge in [-0.15, -0.1) is 0 Å². The standard InChI is InChI=1S/C16H22N2O2Si/c1-16(2,3)21(4,5)18-11-9-13-12(6-7-14(19)20)8-10-17-15(13)18/h6-11H,1-5H3,(H,19,20). The van der Waals surface area contributed by atoms with Gasteiger partial charge < -0.3 is 9.34 Å². The van der Waals surface area contributed by atoms with Crippen LogP contribution in [0.15, 0.2) is 30.6 Å². The molecular weight excluding hydrogens is 280 g/mol. The number of carbonyl (C=O) groups is 1. The van der Waals surface area contributed by atoms with Crippen LogP contribution in [0.1, 0.15) is 26.3 Å². The molecule has 0 aliphatic carbocycles. The second kappa shape index (κ2) is 5.15. The van der Waals surface area contributed by atoms with Crippen molar-refractivity contribution in [3.63, 3.8) is 0 Å². The minimum Gasteiger partial charge on any atom is -0.478 e. The van der Waals surface area contributed by atoms with Gasteiger partial charge in [0.05, 0.1) is 0 Å². The second-order valence-electron chi connectivity index (χ2n) is 6.80. The lowest BCUT2D eigenvalue weighted by Crippen LogP contribution is -2.45. The number of hydrogen-bond donors (Lipinski definition) is 1. The minimum atomic E-state index is -1.75. The van der Waals surface area contributed by atoms with Gasteiger partial charge >= 0.3 is 5.97 Å². The molecule has 0 aromatic carbocycles. The summed E-state index contributed by atoms with van der Waals surface area (Å²) >= 11 is 0. The monoisotopic (exact) mass is 302 g/mol. The molecular formula is C16H22N2O2Si. The van der Waals surface area contributed by atoms with Crippen LogP contribution in [0.5, 0.6) is 0 Å². The third-order valence-corrected chi connectivity index (χ3v) is 9.70. The average molecular weight is 302 g/mol. The number of carboxylic acids is 1. The van der Waals surface area contributed by atoms with E-state index in [2.05, 4.69) is 49.3 Å². The highest BCUT2D eigenvalue weighted by molar-refractivity contribution is 6.79. The van der Waals surface area contributed by atoms with Crippen molar-refractivity contribution in [2.45, 2.75) is 38.9 Å². The van der Waals surface area contributed by atoms with E-state index in [0.29, 0.717) is 0 Å². The molecule has 0 atom stereocenters. The molecule has 0 radical (unpaired) electrons. The molecule has 4 nitrogen and oxygen atoms in total. The van der Waals surface area contributed by atoms with Gasteiger partial charge in [-0.25, -0.2) is 9.78 Å². The third kappa shape index (κ3) is 2.78. The zero-order valence-corrected chi connectivity index (χ0v) is 14.2. The summed E-state index contributed by atoms with van der Waals surface area (Å²) in [6, 6.07) is 3.88. The molecule has 2 heterocycles. The predicted octanol–water partition coefficient (Wildman–Crippen LogP) is 3.99. The van der Waals surface area contributed by atoms with Crippen molar-refractivity contribution in [2.24, 2.45) is 0 Å². The Morgan fingerprint density at radius 1 is 1.33 bits per heavy atom. The molecule has 1 N–H and O–H groups in total. The van der Waals surface area contributed by atoms with Gasteiger partial charge in [0.25, 0.3) is 0 Å². The summed E-state index contributed by atoms with van der Waals surface area (Å²) in [7, 11) is -1.75. The van der Waals surface area contributed by atoms with E-state index in [1.165, 1.54) is 6.08 Å². The van der Waals surface area contributed by atoms with Crippen LogP contribution in [0.2, 0.25) is 18.1 Å². The smallest absolute Gasteiger partial charge is 0.328 e. The molecule has 5 heteroatoms. The fraction of sp³-hybridized carbons (Fsp3) is 0.375. The summed E-state index contributed by atoms with van der Waals surface area (Å²) in [6.45, 7) is 11.4. The van der Waals surface area contributed by atoms with Gasteiger partial charge in [0.1, 0.15) is 5.65 Å². The maximum absolute atomic E-state index is 10.7. The number of rotatable bonds is 3. The van der Waals surface area contributed by atoms with Crippen molar-refractivity contribution in [1.29, 1.82) is 0 Å². The first kappa shape index (κ1) is 15.5. The van der Waals surface area contributed by atoms with E-state index in [0.717, 1.165) is 16.6 Å². The molecule has 21 heavy (non-hydrogen) atoms. The Morgan fingerprint density at radius 3 is 2.57 bits per heavy atom. The largest absolute Gasteiger partial charge is 0.478 e. The van der Waals surface area contributed by atoms with E-state index >= 15 is 0 Å². The Bertz CT molecular complexity index is 709. The lowest BCUT2D eigenvalue weighted by molar-refractivity contribution is -0.131. The minimum absolute atomic E-state index is 0.202. The van der Waals surface area contributed by atoms with Crippen LogP contribution in [0.4, 0.5) is 0 Å². The van der Waals surface area contributed by atoms with Crippen molar-refractivity contribution in [1.82, 2.24) is 9.22 Å². The normalized spacial score (nSPS) is 13.2. The molecule has 0 saturated heterocycles. The fourth-order valence-corrected chi connectivity index (χ4v) is 4.06. The topological polar surface area (TPSA) is 55.1 Å². The number of nitrogens with zero attached hydrogens (tertiary/aromatic N) is 2. The molecule has 0 amide bonds. The van der Waals surface area contributed by atoms with E-state index in [9.17, 15) is 4.79 Å². The van der Waals surface area contributed by atoms with Gasteiger partial charge in [-0.3, -0.25) is 0 Å². The van der Waals surface area contributed by atoms with E-state index in [-0.39, 0.29) is 5.04 Å². The molecule has 0 aliphatic rings. The van der Waals surface area contributed by atoms with E-state index in [1.54, 1.807) is 12.3 Å². The summed E-state index contributed by atoms with van der Waals surface area (Å²) in [6.07, 6.45) is 6.63. The lowest BCUT2D eigenvalue weighted by atomic mass is 10.2.